The zero-order valence-corrected chi connectivity index (χ0v) is 15.1. The van der Waals surface area contributed by atoms with Gasteiger partial charge in [-0.1, -0.05) is 29.8 Å². The van der Waals surface area contributed by atoms with Crippen molar-refractivity contribution in [3.8, 4) is 11.9 Å². The molecule has 0 saturated heterocycles. The van der Waals surface area contributed by atoms with E-state index in [0.717, 1.165) is 11.0 Å². The maximum Gasteiger partial charge on any atom is 0.159 e. The van der Waals surface area contributed by atoms with Crippen LogP contribution in [0.3, 0.4) is 0 Å². The summed E-state index contributed by atoms with van der Waals surface area (Å²) in [5, 5.41) is 12.5. The molecule has 0 unspecified atom stereocenters. The summed E-state index contributed by atoms with van der Waals surface area (Å²) in [7, 11) is 0. The van der Waals surface area contributed by atoms with Crippen LogP contribution in [0.5, 0.6) is 0 Å². The molecule has 27 heavy (non-hydrogen) atoms. The maximum atomic E-state index is 9.15. The van der Waals surface area contributed by atoms with E-state index in [1.165, 1.54) is 11.1 Å². The van der Waals surface area contributed by atoms with Gasteiger partial charge in [0.2, 0.25) is 0 Å². The molecule has 0 fully saturated rings. The quantitative estimate of drug-likeness (QED) is 0.595. The number of fused-ring (bicyclic) bond motifs is 1. The smallest absolute Gasteiger partial charge is 0.159 e. The molecule has 6 nitrogen and oxygen atoms in total. The van der Waals surface area contributed by atoms with Gasteiger partial charge in [-0.3, -0.25) is 9.55 Å². The number of anilines is 1. The first kappa shape index (κ1) is 16.7. The lowest BCUT2D eigenvalue weighted by atomic mass is 10.1. The molecule has 4 rings (SSSR count). The molecule has 0 radical (unpaired) electrons. The molecule has 0 saturated carbocycles. The standard InChI is InChI=1S/C21H18N6/c1-14-3-6-17(7-4-14)15(2)25-20-11-23-12-21(26-20)27-13-24-18-8-5-16(10-22)9-19(18)27/h3-9,11-13,15H,1-2H3,(H,25,26)/t15-/m0/s1. The predicted molar refractivity (Wildman–Crippen MR) is 105 cm³/mol. The van der Waals surface area contributed by atoms with Crippen molar-refractivity contribution in [1.82, 2.24) is 19.5 Å². The molecule has 132 valence electrons. The third-order valence-electron chi connectivity index (χ3n) is 4.49. The second-order valence-corrected chi connectivity index (χ2v) is 6.47. The topological polar surface area (TPSA) is 79.4 Å². The van der Waals surface area contributed by atoms with Gasteiger partial charge >= 0.3 is 0 Å². The average molecular weight is 354 g/mol. The lowest BCUT2D eigenvalue weighted by molar-refractivity contribution is 0.864. The summed E-state index contributed by atoms with van der Waals surface area (Å²) in [4.78, 5) is 13.4. The molecule has 0 bridgehead atoms. The Hall–Kier alpha value is -3.72. The number of nitriles is 1. The largest absolute Gasteiger partial charge is 0.362 e. The number of nitrogens with zero attached hydrogens (tertiary/aromatic N) is 5. The van der Waals surface area contributed by atoms with Gasteiger partial charge < -0.3 is 5.32 Å². The Morgan fingerprint density at radius 3 is 2.70 bits per heavy atom. The second-order valence-electron chi connectivity index (χ2n) is 6.47. The first-order chi connectivity index (χ1) is 13.1. The van der Waals surface area contributed by atoms with Gasteiger partial charge in [-0.25, -0.2) is 9.97 Å². The van der Waals surface area contributed by atoms with E-state index in [9.17, 15) is 0 Å². The van der Waals surface area contributed by atoms with Gasteiger partial charge in [-0.2, -0.15) is 5.26 Å². The highest BCUT2D eigenvalue weighted by atomic mass is 15.2. The van der Waals surface area contributed by atoms with Crippen molar-refractivity contribution >= 4 is 16.9 Å². The van der Waals surface area contributed by atoms with Crippen LogP contribution in [0, 0.1) is 18.3 Å². The molecular formula is C21H18N6. The van der Waals surface area contributed by atoms with Gasteiger partial charge in [0.15, 0.2) is 5.82 Å². The van der Waals surface area contributed by atoms with E-state index < -0.39 is 0 Å². The van der Waals surface area contributed by atoms with E-state index in [2.05, 4.69) is 64.5 Å². The van der Waals surface area contributed by atoms with Gasteiger partial charge in [0.05, 0.1) is 35.1 Å². The normalized spacial score (nSPS) is 11.9. The van der Waals surface area contributed by atoms with E-state index >= 15 is 0 Å². The maximum absolute atomic E-state index is 9.15. The molecule has 0 amide bonds. The molecule has 2 aromatic heterocycles. The van der Waals surface area contributed by atoms with Crippen LogP contribution in [0.2, 0.25) is 0 Å². The summed E-state index contributed by atoms with van der Waals surface area (Å²) in [6.45, 7) is 4.16. The van der Waals surface area contributed by atoms with Crippen LogP contribution < -0.4 is 5.32 Å². The van der Waals surface area contributed by atoms with E-state index in [4.69, 9.17) is 5.26 Å². The van der Waals surface area contributed by atoms with Gasteiger partial charge in [-0.15, -0.1) is 0 Å². The molecule has 2 heterocycles. The van der Waals surface area contributed by atoms with E-state index in [0.29, 0.717) is 17.2 Å². The summed E-state index contributed by atoms with van der Waals surface area (Å²) in [5.41, 5.74) is 4.63. The number of hydrogen-bond acceptors (Lipinski definition) is 5. The highest BCUT2D eigenvalue weighted by Crippen LogP contribution is 2.21. The molecule has 0 aliphatic rings. The Balaban J connectivity index is 1.65. The molecule has 0 spiro atoms. The van der Waals surface area contributed by atoms with Gasteiger partial charge in [0.1, 0.15) is 12.1 Å². The van der Waals surface area contributed by atoms with Crippen LogP contribution in [0.1, 0.15) is 29.7 Å². The third kappa shape index (κ3) is 3.35. The number of nitrogens with one attached hydrogen (secondary N) is 1. The second kappa shape index (κ2) is 6.89. The lowest BCUT2D eigenvalue weighted by Crippen LogP contribution is -2.09. The molecular weight excluding hydrogens is 336 g/mol. The van der Waals surface area contributed by atoms with E-state index in [-0.39, 0.29) is 6.04 Å². The Kier molecular flexibility index (Phi) is 4.27. The molecule has 0 aliphatic carbocycles. The van der Waals surface area contributed by atoms with Crippen molar-refractivity contribution in [1.29, 1.82) is 5.26 Å². The van der Waals surface area contributed by atoms with Crippen molar-refractivity contribution < 1.29 is 0 Å². The molecule has 6 heteroatoms. The summed E-state index contributed by atoms with van der Waals surface area (Å²) >= 11 is 0. The number of aryl methyl sites for hydroxylation is 1. The first-order valence-electron chi connectivity index (χ1n) is 8.67. The SMILES string of the molecule is Cc1ccc([C@H](C)Nc2cncc(-n3cnc4ccc(C#N)cc43)n2)cc1. The number of rotatable bonds is 4. The number of hydrogen-bond donors (Lipinski definition) is 1. The Labute approximate surface area is 157 Å². The summed E-state index contributed by atoms with van der Waals surface area (Å²) < 4.78 is 1.84. The van der Waals surface area contributed by atoms with Crippen molar-refractivity contribution in [3.63, 3.8) is 0 Å². The van der Waals surface area contributed by atoms with Crippen LogP contribution in [0.25, 0.3) is 16.9 Å². The highest BCUT2D eigenvalue weighted by molar-refractivity contribution is 5.78. The third-order valence-corrected chi connectivity index (χ3v) is 4.49. The Bertz CT molecular complexity index is 1140. The van der Waals surface area contributed by atoms with Crippen molar-refractivity contribution in [2.24, 2.45) is 0 Å². The zero-order valence-electron chi connectivity index (χ0n) is 15.1. The number of benzene rings is 2. The monoisotopic (exact) mass is 354 g/mol. The first-order valence-corrected chi connectivity index (χ1v) is 8.67. The minimum atomic E-state index is 0.0971. The van der Waals surface area contributed by atoms with Gasteiger partial charge in [0.25, 0.3) is 0 Å². The predicted octanol–water partition coefficient (Wildman–Crippen LogP) is 4.17. The molecule has 1 atom stereocenters. The van der Waals surface area contributed by atoms with Crippen molar-refractivity contribution in [3.05, 3.63) is 77.9 Å². The van der Waals surface area contributed by atoms with Crippen LogP contribution in [0.15, 0.2) is 61.2 Å². The number of aromatic nitrogens is 4. The summed E-state index contributed by atoms with van der Waals surface area (Å²) in [6, 6.07) is 16.1. The van der Waals surface area contributed by atoms with Crippen molar-refractivity contribution in [2.45, 2.75) is 19.9 Å². The van der Waals surface area contributed by atoms with E-state index in [1.54, 1.807) is 30.9 Å². The summed E-state index contributed by atoms with van der Waals surface area (Å²) in [5.74, 6) is 1.33. The molecule has 2 aromatic carbocycles. The van der Waals surface area contributed by atoms with E-state index in [1.807, 2.05) is 10.6 Å². The summed E-state index contributed by atoms with van der Waals surface area (Å²) in [6.07, 6.45) is 5.08. The fourth-order valence-electron chi connectivity index (χ4n) is 2.96. The van der Waals surface area contributed by atoms with Gasteiger partial charge in [-0.05, 0) is 37.6 Å². The Morgan fingerprint density at radius 1 is 1.11 bits per heavy atom. The minimum absolute atomic E-state index is 0.0971. The number of imidazole rings is 1. The Morgan fingerprint density at radius 2 is 1.93 bits per heavy atom. The lowest BCUT2D eigenvalue weighted by Gasteiger charge is -2.15. The minimum Gasteiger partial charge on any atom is -0.362 e. The zero-order chi connectivity index (χ0) is 18.8. The van der Waals surface area contributed by atoms with Crippen LogP contribution in [0.4, 0.5) is 5.82 Å². The highest BCUT2D eigenvalue weighted by Gasteiger charge is 2.10. The van der Waals surface area contributed by atoms with Crippen LogP contribution in [-0.4, -0.2) is 19.5 Å². The fourth-order valence-corrected chi connectivity index (χ4v) is 2.96. The average Bonchev–Trinajstić information content (AvgIpc) is 3.11. The fraction of sp³-hybridized carbons (Fsp3) is 0.143. The van der Waals surface area contributed by atoms with Gasteiger partial charge in [0, 0.05) is 6.04 Å². The molecule has 0 aliphatic heterocycles. The molecule has 1 N–H and O–H groups in total. The van der Waals surface area contributed by atoms with Crippen LogP contribution in [-0.2, 0) is 0 Å². The molecule has 4 aromatic rings. The van der Waals surface area contributed by atoms with Crippen LogP contribution >= 0.6 is 0 Å². The van der Waals surface area contributed by atoms with Crippen molar-refractivity contribution in [2.75, 3.05) is 5.32 Å².